The number of fused-ring (bicyclic) bond motifs is 1. The fraction of sp³-hybridized carbons (Fsp3) is 0.500. The van der Waals surface area contributed by atoms with Crippen LogP contribution in [0.4, 0.5) is 11.4 Å². The number of nitrogens with zero attached hydrogens (tertiary/aromatic N) is 1. The number of allylic oxidation sites excluding steroid dienone is 2. The molecule has 3 aliphatic rings. The molecular formula is C34H44N2O. The number of carbonyl (C=O) groups is 1. The van der Waals surface area contributed by atoms with E-state index in [1.165, 1.54) is 77.0 Å². The van der Waals surface area contributed by atoms with Gasteiger partial charge in [-0.05, 0) is 54.5 Å². The molecule has 0 spiro atoms. The summed E-state index contributed by atoms with van der Waals surface area (Å²) in [6.45, 7) is 0. The summed E-state index contributed by atoms with van der Waals surface area (Å²) in [6.07, 6.45) is 24.9. The number of carbonyl (C=O) groups excluding carboxylic acids is 1. The first-order valence-electron chi connectivity index (χ1n) is 14.9. The molecule has 1 amide bonds. The predicted octanol–water partition coefficient (Wildman–Crippen LogP) is 8.80. The molecule has 0 saturated heterocycles. The number of para-hydroxylation sites is 1. The summed E-state index contributed by atoms with van der Waals surface area (Å²) in [5.74, 6) is 2.00. The summed E-state index contributed by atoms with van der Waals surface area (Å²) in [6, 6.07) is 16.5. The van der Waals surface area contributed by atoms with E-state index in [2.05, 4.69) is 29.2 Å². The van der Waals surface area contributed by atoms with Gasteiger partial charge < -0.3 is 10.6 Å². The van der Waals surface area contributed by atoms with Gasteiger partial charge in [-0.15, -0.1) is 0 Å². The molecule has 0 aromatic heterocycles. The Morgan fingerprint density at radius 2 is 1.30 bits per heavy atom. The second kappa shape index (κ2) is 12.6. The molecule has 196 valence electrons. The lowest BCUT2D eigenvalue weighted by Gasteiger charge is -2.29. The Morgan fingerprint density at radius 3 is 2.05 bits per heavy atom. The minimum absolute atomic E-state index is 0.170. The standard InChI is InChI=1S/C34H44N2O/c35-29-24-22-26(23-25-29)12-10-20-32-31-19-8-9-21-33(31)36(34(32)37)30-17-7-6-15-28(16-11-18-30)27-13-4-2-1-3-5-14-27/h8-10,12,19-25,27-28,30H,1-7,11,13-18,35H2/b12-10+,32-20+. The molecule has 2 saturated carbocycles. The minimum Gasteiger partial charge on any atom is -0.399 e. The summed E-state index contributed by atoms with van der Waals surface area (Å²) < 4.78 is 0. The van der Waals surface area contributed by atoms with Crippen molar-refractivity contribution in [3.8, 4) is 0 Å². The highest BCUT2D eigenvalue weighted by Crippen LogP contribution is 2.41. The van der Waals surface area contributed by atoms with Crippen LogP contribution in [0.25, 0.3) is 11.6 Å². The van der Waals surface area contributed by atoms with Gasteiger partial charge in [0.1, 0.15) is 0 Å². The Labute approximate surface area is 223 Å². The molecule has 2 fully saturated rings. The van der Waals surface area contributed by atoms with Gasteiger partial charge in [0.2, 0.25) is 0 Å². The first-order valence-corrected chi connectivity index (χ1v) is 14.9. The first kappa shape index (κ1) is 25.8. The van der Waals surface area contributed by atoms with Gasteiger partial charge >= 0.3 is 0 Å². The number of nitrogen functional groups attached to an aromatic ring is 1. The summed E-state index contributed by atoms with van der Waals surface area (Å²) in [5, 5.41) is 0. The van der Waals surface area contributed by atoms with Crippen molar-refractivity contribution in [1.29, 1.82) is 0 Å². The molecule has 5 rings (SSSR count). The molecule has 2 atom stereocenters. The summed E-state index contributed by atoms with van der Waals surface area (Å²) in [5.41, 5.74) is 10.6. The maximum atomic E-state index is 13.8. The molecule has 37 heavy (non-hydrogen) atoms. The van der Waals surface area contributed by atoms with Crippen LogP contribution in [0.2, 0.25) is 0 Å². The summed E-state index contributed by atoms with van der Waals surface area (Å²) in [4.78, 5) is 16.0. The molecule has 2 aromatic carbocycles. The van der Waals surface area contributed by atoms with E-state index in [1.54, 1.807) is 0 Å². The molecule has 2 N–H and O–H groups in total. The molecule has 1 heterocycles. The monoisotopic (exact) mass is 496 g/mol. The quantitative estimate of drug-likeness (QED) is 0.339. The largest absolute Gasteiger partial charge is 0.399 e. The number of anilines is 2. The smallest absolute Gasteiger partial charge is 0.259 e. The zero-order chi connectivity index (χ0) is 25.5. The molecule has 0 bridgehead atoms. The van der Waals surface area contributed by atoms with Crippen molar-refractivity contribution in [3.05, 3.63) is 71.8 Å². The highest BCUT2D eigenvalue weighted by Gasteiger charge is 2.36. The molecule has 2 aromatic rings. The van der Waals surface area contributed by atoms with Crippen LogP contribution in [0.5, 0.6) is 0 Å². The number of hydrogen-bond acceptors (Lipinski definition) is 2. The Morgan fingerprint density at radius 1 is 0.703 bits per heavy atom. The fourth-order valence-corrected chi connectivity index (χ4v) is 7.03. The van der Waals surface area contributed by atoms with Crippen LogP contribution in [-0.2, 0) is 4.79 Å². The molecule has 0 radical (unpaired) electrons. The van der Waals surface area contributed by atoms with Crippen LogP contribution in [0.3, 0.4) is 0 Å². The third-order valence-corrected chi connectivity index (χ3v) is 9.05. The second-order valence-corrected chi connectivity index (χ2v) is 11.5. The van der Waals surface area contributed by atoms with Crippen molar-refractivity contribution in [2.45, 2.75) is 95.9 Å². The third-order valence-electron chi connectivity index (χ3n) is 9.05. The lowest BCUT2D eigenvalue weighted by molar-refractivity contribution is -0.113. The van der Waals surface area contributed by atoms with Gasteiger partial charge in [-0.25, -0.2) is 0 Å². The highest BCUT2D eigenvalue weighted by molar-refractivity contribution is 6.33. The van der Waals surface area contributed by atoms with Crippen molar-refractivity contribution in [1.82, 2.24) is 0 Å². The predicted molar refractivity (Wildman–Crippen MR) is 157 cm³/mol. The van der Waals surface area contributed by atoms with Gasteiger partial charge in [0.15, 0.2) is 0 Å². The lowest BCUT2D eigenvalue weighted by Crippen LogP contribution is -2.37. The van der Waals surface area contributed by atoms with Crippen molar-refractivity contribution >= 4 is 28.9 Å². The van der Waals surface area contributed by atoms with Gasteiger partial charge in [-0.3, -0.25) is 4.79 Å². The van der Waals surface area contributed by atoms with Gasteiger partial charge in [-0.2, -0.15) is 0 Å². The third kappa shape index (κ3) is 6.37. The summed E-state index contributed by atoms with van der Waals surface area (Å²) >= 11 is 0. The number of nitrogens with two attached hydrogens (primary N) is 1. The van der Waals surface area contributed by atoms with E-state index >= 15 is 0 Å². The maximum absolute atomic E-state index is 13.8. The molecule has 3 heteroatoms. The number of rotatable bonds is 4. The average molecular weight is 497 g/mol. The molecule has 3 nitrogen and oxygen atoms in total. The van der Waals surface area contributed by atoms with E-state index in [0.29, 0.717) is 6.04 Å². The normalized spacial score (nSPS) is 25.4. The van der Waals surface area contributed by atoms with Crippen molar-refractivity contribution in [2.75, 3.05) is 10.6 Å². The second-order valence-electron chi connectivity index (χ2n) is 11.5. The van der Waals surface area contributed by atoms with Crippen LogP contribution in [0, 0.1) is 11.8 Å². The number of hydrogen-bond donors (Lipinski definition) is 1. The molecule has 2 aliphatic carbocycles. The van der Waals surface area contributed by atoms with E-state index < -0.39 is 0 Å². The minimum atomic E-state index is 0.170. The summed E-state index contributed by atoms with van der Waals surface area (Å²) in [7, 11) is 0. The zero-order valence-corrected chi connectivity index (χ0v) is 22.4. The Balaban J connectivity index is 1.29. The topological polar surface area (TPSA) is 46.3 Å². The van der Waals surface area contributed by atoms with Gasteiger partial charge in [-0.1, -0.05) is 120 Å². The number of amides is 1. The van der Waals surface area contributed by atoms with Crippen LogP contribution >= 0.6 is 0 Å². The average Bonchev–Trinajstić information content (AvgIpc) is 3.22. The Hall–Kier alpha value is -2.81. The van der Waals surface area contributed by atoms with Crippen LogP contribution in [-0.4, -0.2) is 11.9 Å². The fourth-order valence-electron chi connectivity index (χ4n) is 7.03. The van der Waals surface area contributed by atoms with E-state index in [4.69, 9.17) is 5.73 Å². The van der Waals surface area contributed by atoms with E-state index in [1.807, 2.05) is 42.5 Å². The molecule has 2 unspecified atom stereocenters. The van der Waals surface area contributed by atoms with Gasteiger partial charge in [0.05, 0.1) is 5.69 Å². The van der Waals surface area contributed by atoms with Crippen molar-refractivity contribution in [2.24, 2.45) is 11.8 Å². The zero-order valence-electron chi connectivity index (χ0n) is 22.4. The van der Waals surface area contributed by atoms with E-state index in [0.717, 1.165) is 52.8 Å². The SMILES string of the molecule is Nc1ccc(/C=C/C=C2/C(=O)N(C3CCCCC(C4CCCCCCC4)CCC3)c3ccccc32)cc1. The lowest BCUT2D eigenvalue weighted by atomic mass is 9.77. The molecule has 1 aliphatic heterocycles. The first-order chi connectivity index (χ1) is 18.2. The van der Waals surface area contributed by atoms with Crippen molar-refractivity contribution in [3.63, 3.8) is 0 Å². The number of benzene rings is 2. The Bertz CT molecular complexity index is 1090. The van der Waals surface area contributed by atoms with Crippen LogP contribution < -0.4 is 10.6 Å². The van der Waals surface area contributed by atoms with E-state index in [-0.39, 0.29) is 5.91 Å². The highest BCUT2D eigenvalue weighted by atomic mass is 16.2. The van der Waals surface area contributed by atoms with Gasteiger partial charge in [0, 0.05) is 22.9 Å². The maximum Gasteiger partial charge on any atom is 0.259 e. The van der Waals surface area contributed by atoms with E-state index in [9.17, 15) is 4.79 Å². The van der Waals surface area contributed by atoms with Crippen LogP contribution in [0.1, 0.15) is 101 Å². The Kier molecular flexibility index (Phi) is 8.81. The van der Waals surface area contributed by atoms with Crippen LogP contribution in [0.15, 0.2) is 60.7 Å². The van der Waals surface area contributed by atoms with Gasteiger partial charge in [0.25, 0.3) is 5.91 Å². The van der Waals surface area contributed by atoms with Crippen molar-refractivity contribution < 1.29 is 4.79 Å². The molecular weight excluding hydrogens is 452 g/mol.